The van der Waals surface area contributed by atoms with Gasteiger partial charge < -0.3 is 9.47 Å². The Morgan fingerprint density at radius 2 is 1.67 bits per heavy atom. The van der Waals surface area contributed by atoms with E-state index in [1.807, 2.05) is 0 Å². The minimum absolute atomic E-state index is 0.0727. The highest BCUT2D eigenvalue weighted by Crippen LogP contribution is 2.47. The number of ether oxygens (including phenoxy) is 2. The van der Waals surface area contributed by atoms with E-state index in [0.29, 0.717) is 5.56 Å². The number of hydrogen-bond donors (Lipinski definition) is 1. The van der Waals surface area contributed by atoms with Gasteiger partial charge in [-0.3, -0.25) is 25.0 Å². The highest BCUT2D eigenvalue weighted by molar-refractivity contribution is 5.86. The van der Waals surface area contributed by atoms with Crippen molar-refractivity contribution in [1.82, 2.24) is 5.43 Å². The molecule has 0 radical (unpaired) electrons. The van der Waals surface area contributed by atoms with Gasteiger partial charge in [0.2, 0.25) is 11.7 Å². The molecule has 0 aliphatic heterocycles. The Hall–Kier alpha value is -4.80. The summed E-state index contributed by atoms with van der Waals surface area (Å²) >= 11 is 0. The molecular weight excluding hydrogens is 504 g/mol. The second-order valence-electron chi connectivity index (χ2n) is 10.2. The van der Waals surface area contributed by atoms with E-state index in [0.717, 1.165) is 30.2 Å². The number of carbonyl (C=O) groups excluding carboxylic acids is 1. The normalized spacial score (nSPS) is 16.5. The van der Waals surface area contributed by atoms with E-state index >= 15 is 0 Å². The molecule has 1 aliphatic carbocycles. The first kappa shape index (κ1) is 27.2. The third-order valence-corrected chi connectivity index (χ3v) is 6.48. The zero-order valence-electron chi connectivity index (χ0n) is 21.9. The highest BCUT2D eigenvalue weighted by atomic mass is 16.6. The number of amides is 1. The van der Waals surface area contributed by atoms with Crippen molar-refractivity contribution in [3.05, 3.63) is 97.6 Å². The molecule has 1 saturated carbocycles. The molecule has 202 valence electrons. The topological polar surface area (TPSA) is 146 Å². The minimum atomic E-state index is -0.760. The Labute approximate surface area is 224 Å². The Balaban J connectivity index is 1.39. The number of nitro groups is 2. The van der Waals surface area contributed by atoms with Gasteiger partial charge in [0.1, 0.15) is 0 Å². The summed E-state index contributed by atoms with van der Waals surface area (Å²) in [4.78, 5) is 33.4. The van der Waals surface area contributed by atoms with Gasteiger partial charge >= 0.3 is 5.69 Å². The van der Waals surface area contributed by atoms with Crippen LogP contribution in [0.15, 0.2) is 65.8 Å². The summed E-state index contributed by atoms with van der Waals surface area (Å²) in [6, 6.07) is 16.2. The fourth-order valence-electron chi connectivity index (χ4n) is 4.15. The van der Waals surface area contributed by atoms with E-state index < -0.39 is 21.2 Å². The second kappa shape index (κ2) is 10.9. The summed E-state index contributed by atoms with van der Waals surface area (Å²) in [5.74, 6) is 0.116. The molecule has 1 N–H and O–H groups in total. The van der Waals surface area contributed by atoms with Crippen LogP contribution in [0.3, 0.4) is 0 Å². The lowest BCUT2D eigenvalue weighted by Gasteiger charge is -2.19. The molecule has 0 unspecified atom stereocenters. The van der Waals surface area contributed by atoms with Crippen LogP contribution in [0, 0.1) is 26.1 Å². The van der Waals surface area contributed by atoms with Gasteiger partial charge in [0, 0.05) is 12.0 Å². The molecule has 3 aromatic rings. The number of benzene rings is 3. The maximum absolute atomic E-state index is 12.6. The monoisotopic (exact) mass is 532 g/mol. The third kappa shape index (κ3) is 6.38. The SMILES string of the molecule is COc1cc(/C=N/NC(=O)[C@@H]2C[C@H]2c2ccc(C(C)(C)C)cc2)ccc1Oc1ccc([N+](=O)[O-])cc1[N+](=O)[O-]. The van der Waals surface area contributed by atoms with Crippen LogP contribution in [-0.2, 0) is 10.2 Å². The van der Waals surface area contributed by atoms with E-state index in [1.54, 1.807) is 12.1 Å². The number of nitrogens with one attached hydrogen (secondary N) is 1. The lowest BCUT2D eigenvalue weighted by atomic mass is 9.86. The zero-order chi connectivity index (χ0) is 28.3. The first-order valence-electron chi connectivity index (χ1n) is 12.2. The van der Waals surface area contributed by atoms with Crippen molar-refractivity contribution in [3.63, 3.8) is 0 Å². The zero-order valence-corrected chi connectivity index (χ0v) is 21.9. The fraction of sp³-hybridized carbons (Fsp3) is 0.286. The molecule has 39 heavy (non-hydrogen) atoms. The van der Waals surface area contributed by atoms with Crippen LogP contribution < -0.4 is 14.9 Å². The quantitative estimate of drug-likeness (QED) is 0.206. The summed E-state index contributed by atoms with van der Waals surface area (Å²) in [7, 11) is 1.40. The first-order valence-corrected chi connectivity index (χ1v) is 12.2. The van der Waals surface area contributed by atoms with Crippen molar-refractivity contribution < 1.29 is 24.1 Å². The molecule has 0 saturated heterocycles. The number of nitro benzene ring substituents is 2. The predicted octanol–water partition coefficient (Wildman–Crippen LogP) is 5.86. The molecule has 0 aromatic heterocycles. The van der Waals surface area contributed by atoms with E-state index in [1.165, 1.54) is 25.0 Å². The summed E-state index contributed by atoms with van der Waals surface area (Å²) in [6.45, 7) is 6.48. The molecule has 0 heterocycles. The number of hydrazone groups is 1. The number of nitrogens with zero attached hydrogens (tertiary/aromatic N) is 3. The third-order valence-electron chi connectivity index (χ3n) is 6.48. The molecule has 1 fully saturated rings. The summed E-state index contributed by atoms with van der Waals surface area (Å²) in [6.07, 6.45) is 2.22. The molecule has 11 nitrogen and oxygen atoms in total. The van der Waals surface area contributed by atoms with Gasteiger partial charge in [0.25, 0.3) is 5.69 Å². The predicted molar refractivity (Wildman–Crippen MR) is 145 cm³/mol. The molecule has 11 heteroatoms. The highest BCUT2D eigenvalue weighted by Gasteiger charge is 2.44. The van der Waals surface area contributed by atoms with Crippen molar-refractivity contribution >= 4 is 23.5 Å². The van der Waals surface area contributed by atoms with Crippen molar-refractivity contribution in [2.75, 3.05) is 7.11 Å². The molecular formula is C28H28N4O7. The van der Waals surface area contributed by atoms with Gasteiger partial charge in [-0.25, -0.2) is 5.43 Å². The van der Waals surface area contributed by atoms with Crippen LogP contribution in [-0.4, -0.2) is 29.1 Å². The summed E-state index contributed by atoms with van der Waals surface area (Å²) in [5, 5.41) is 26.4. The van der Waals surface area contributed by atoms with Gasteiger partial charge in [-0.15, -0.1) is 0 Å². The Morgan fingerprint density at radius 1 is 0.974 bits per heavy atom. The first-order chi connectivity index (χ1) is 18.5. The fourth-order valence-corrected chi connectivity index (χ4v) is 4.15. The number of methoxy groups -OCH3 is 1. The summed E-state index contributed by atoms with van der Waals surface area (Å²) < 4.78 is 11.0. The van der Waals surface area contributed by atoms with Gasteiger partial charge in [-0.1, -0.05) is 45.0 Å². The van der Waals surface area contributed by atoms with Crippen LogP contribution in [0.4, 0.5) is 11.4 Å². The van der Waals surface area contributed by atoms with E-state index in [9.17, 15) is 25.0 Å². The Bertz CT molecular complexity index is 1450. The Kier molecular flexibility index (Phi) is 7.61. The number of rotatable bonds is 9. The minimum Gasteiger partial charge on any atom is -0.493 e. The standard InChI is InChI=1S/C28H28N4O7/c1-28(2,3)19-8-6-18(7-9-19)21-15-22(21)27(33)30-29-16-17-5-11-25(26(13-17)38-4)39-24-12-10-20(31(34)35)14-23(24)32(36)37/h5-14,16,21-22H,15H2,1-4H3,(H,30,33)/b29-16+/t21-,22+/m0/s1. The smallest absolute Gasteiger partial charge is 0.318 e. The largest absolute Gasteiger partial charge is 0.493 e. The molecule has 0 spiro atoms. The molecule has 1 aliphatic rings. The molecule has 4 rings (SSSR count). The van der Waals surface area contributed by atoms with E-state index in [-0.39, 0.29) is 40.4 Å². The van der Waals surface area contributed by atoms with Crippen LogP contribution in [0.2, 0.25) is 0 Å². The van der Waals surface area contributed by atoms with Crippen molar-refractivity contribution in [2.45, 2.75) is 38.5 Å². The van der Waals surface area contributed by atoms with Crippen LogP contribution in [0.5, 0.6) is 17.2 Å². The average molecular weight is 533 g/mol. The Morgan fingerprint density at radius 3 is 2.28 bits per heavy atom. The number of hydrogen-bond acceptors (Lipinski definition) is 8. The van der Waals surface area contributed by atoms with Crippen LogP contribution >= 0.6 is 0 Å². The molecule has 3 aromatic carbocycles. The van der Waals surface area contributed by atoms with Gasteiger partial charge in [-0.2, -0.15) is 5.10 Å². The van der Waals surface area contributed by atoms with Gasteiger partial charge in [-0.05, 0) is 58.7 Å². The maximum atomic E-state index is 12.6. The molecule has 2 atom stereocenters. The molecule has 1 amide bonds. The van der Waals surface area contributed by atoms with Crippen LogP contribution in [0.25, 0.3) is 0 Å². The van der Waals surface area contributed by atoms with E-state index in [2.05, 4.69) is 55.6 Å². The summed E-state index contributed by atoms with van der Waals surface area (Å²) in [5.41, 5.74) is 4.65. The van der Waals surface area contributed by atoms with Crippen molar-refractivity contribution in [2.24, 2.45) is 11.0 Å². The lowest BCUT2D eigenvalue weighted by molar-refractivity contribution is -0.394. The number of non-ortho nitro benzene ring substituents is 1. The van der Waals surface area contributed by atoms with Gasteiger partial charge in [0.05, 0.1) is 29.2 Å². The van der Waals surface area contributed by atoms with Crippen LogP contribution in [0.1, 0.15) is 49.8 Å². The lowest BCUT2D eigenvalue weighted by Crippen LogP contribution is -2.20. The second-order valence-corrected chi connectivity index (χ2v) is 10.2. The number of carbonyl (C=O) groups is 1. The van der Waals surface area contributed by atoms with Crippen molar-refractivity contribution in [3.8, 4) is 17.2 Å². The average Bonchev–Trinajstić information content (AvgIpc) is 3.70. The maximum Gasteiger partial charge on any atom is 0.318 e. The van der Waals surface area contributed by atoms with Crippen molar-refractivity contribution in [1.29, 1.82) is 0 Å². The molecule has 0 bridgehead atoms. The van der Waals surface area contributed by atoms with E-state index in [4.69, 9.17) is 9.47 Å². The van der Waals surface area contributed by atoms with Gasteiger partial charge in [0.15, 0.2) is 11.5 Å².